The molecule has 1 heterocycles. The van der Waals surface area contributed by atoms with Gasteiger partial charge in [-0.3, -0.25) is 14.5 Å². The van der Waals surface area contributed by atoms with Crippen LogP contribution in [0.15, 0.2) is 72.3 Å². The lowest BCUT2D eigenvalue weighted by Gasteiger charge is -2.27. The molecule has 0 spiro atoms. The Morgan fingerprint density at radius 1 is 0.914 bits per heavy atom. The first kappa shape index (κ1) is 24.3. The summed E-state index contributed by atoms with van der Waals surface area (Å²) in [7, 11) is 1.57. The number of carbonyl (C=O) groups excluding carboxylic acids is 2. The predicted octanol–water partition coefficient (Wildman–Crippen LogP) is 6.24. The number of amides is 1. The number of rotatable bonds is 4. The van der Waals surface area contributed by atoms with Gasteiger partial charge in [0.25, 0.3) is 11.7 Å². The van der Waals surface area contributed by atoms with Gasteiger partial charge in [-0.1, -0.05) is 63.2 Å². The van der Waals surface area contributed by atoms with E-state index < -0.39 is 17.7 Å². The molecule has 4 rings (SSSR count). The normalized spacial score (nSPS) is 17.7. The number of Topliss-reactive ketones (excluding diaryl/α,β-unsaturated/α-hetero) is 1. The van der Waals surface area contributed by atoms with Crippen LogP contribution in [0.5, 0.6) is 5.75 Å². The minimum absolute atomic E-state index is 0.0701. The smallest absolute Gasteiger partial charge is 0.300 e. The van der Waals surface area contributed by atoms with Gasteiger partial charge in [0.05, 0.1) is 18.7 Å². The molecular weight excluding hydrogens is 438 g/mol. The van der Waals surface area contributed by atoms with Crippen LogP contribution < -0.4 is 9.64 Å². The maximum Gasteiger partial charge on any atom is 0.300 e. The van der Waals surface area contributed by atoms with E-state index in [1.54, 1.807) is 19.2 Å². The zero-order valence-electron chi connectivity index (χ0n) is 21.0. The topological polar surface area (TPSA) is 66.8 Å². The fraction of sp³-hybridized carbons (Fsp3) is 0.267. The highest BCUT2D eigenvalue weighted by atomic mass is 16.5. The third-order valence-electron chi connectivity index (χ3n) is 6.59. The van der Waals surface area contributed by atoms with Crippen molar-refractivity contribution in [3.8, 4) is 5.75 Å². The maximum atomic E-state index is 13.5. The van der Waals surface area contributed by atoms with Crippen LogP contribution in [0.2, 0.25) is 0 Å². The SMILES string of the molecule is COc1cccc(C2/C(=C(\O)c3cc(C(C)(C)C)ccc3C)C(=O)C(=O)N2c2ccccc2C)c1. The molecule has 5 nitrogen and oxygen atoms in total. The zero-order chi connectivity index (χ0) is 25.5. The Hall–Kier alpha value is -3.86. The Bertz CT molecular complexity index is 1350. The van der Waals surface area contributed by atoms with E-state index in [1.807, 2.05) is 68.4 Å². The molecule has 1 unspecified atom stereocenters. The number of ether oxygens (including phenoxy) is 1. The second-order valence-corrected chi connectivity index (χ2v) is 10.0. The van der Waals surface area contributed by atoms with Crippen LogP contribution in [0.4, 0.5) is 5.69 Å². The highest BCUT2D eigenvalue weighted by Gasteiger charge is 2.47. The Kier molecular flexibility index (Phi) is 6.28. The molecule has 1 fully saturated rings. The van der Waals surface area contributed by atoms with Crippen molar-refractivity contribution in [2.75, 3.05) is 12.0 Å². The number of nitrogens with zero attached hydrogens (tertiary/aromatic N) is 1. The van der Waals surface area contributed by atoms with Crippen molar-refractivity contribution >= 4 is 23.1 Å². The van der Waals surface area contributed by atoms with E-state index in [0.717, 1.165) is 16.7 Å². The quantitative estimate of drug-likeness (QED) is 0.279. The number of aliphatic hydroxyl groups excluding tert-OH is 1. The van der Waals surface area contributed by atoms with Crippen LogP contribution in [-0.2, 0) is 15.0 Å². The number of benzene rings is 3. The summed E-state index contributed by atoms with van der Waals surface area (Å²) >= 11 is 0. The lowest BCUT2D eigenvalue weighted by molar-refractivity contribution is -0.132. The second kappa shape index (κ2) is 9.06. The summed E-state index contributed by atoms with van der Waals surface area (Å²) in [5.41, 5.74) is 4.47. The molecule has 1 atom stereocenters. The van der Waals surface area contributed by atoms with Gasteiger partial charge >= 0.3 is 0 Å². The van der Waals surface area contributed by atoms with Gasteiger partial charge < -0.3 is 9.84 Å². The van der Waals surface area contributed by atoms with Crippen molar-refractivity contribution in [1.29, 1.82) is 0 Å². The van der Waals surface area contributed by atoms with Crippen LogP contribution in [0, 0.1) is 13.8 Å². The van der Waals surface area contributed by atoms with Gasteiger partial charge in [-0.05, 0) is 65.8 Å². The lowest BCUT2D eigenvalue weighted by Crippen LogP contribution is -2.30. The van der Waals surface area contributed by atoms with Crippen LogP contribution in [0.1, 0.15) is 54.6 Å². The Morgan fingerprint density at radius 3 is 2.29 bits per heavy atom. The first-order chi connectivity index (χ1) is 16.5. The number of aliphatic hydroxyl groups is 1. The number of anilines is 1. The summed E-state index contributed by atoms with van der Waals surface area (Å²) in [6.07, 6.45) is 0. The van der Waals surface area contributed by atoms with E-state index in [1.165, 1.54) is 4.90 Å². The van der Waals surface area contributed by atoms with Crippen molar-refractivity contribution in [3.05, 3.63) is 100 Å². The zero-order valence-corrected chi connectivity index (χ0v) is 21.0. The van der Waals surface area contributed by atoms with Gasteiger partial charge in [0.15, 0.2) is 0 Å². The Morgan fingerprint density at radius 2 is 1.63 bits per heavy atom. The van der Waals surface area contributed by atoms with E-state index in [2.05, 4.69) is 20.8 Å². The first-order valence-corrected chi connectivity index (χ1v) is 11.7. The molecule has 0 bridgehead atoms. The van der Waals surface area contributed by atoms with E-state index in [9.17, 15) is 14.7 Å². The molecule has 180 valence electrons. The molecule has 1 saturated heterocycles. The monoisotopic (exact) mass is 469 g/mol. The van der Waals surface area contributed by atoms with E-state index in [0.29, 0.717) is 22.6 Å². The molecule has 3 aromatic carbocycles. The van der Waals surface area contributed by atoms with E-state index in [4.69, 9.17) is 4.74 Å². The van der Waals surface area contributed by atoms with E-state index in [-0.39, 0.29) is 16.7 Å². The highest BCUT2D eigenvalue weighted by molar-refractivity contribution is 6.51. The molecule has 3 aromatic rings. The van der Waals surface area contributed by atoms with Crippen LogP contribution >= 0.6 is 0 Å². The Labute approximate surface area is 206 Å². The number of ketones is 1. The number of methoxy groups -OCH3 is 1. The second-order valence-electron chi connectivity index (χ2n) is 10.0. The summed E-state index contributed by atoms with van der Waals surface area (Å²) in [4.78, 5) is 28.4. The first-order valence-electron chi connectivity index (χ1n) is 11.7. The predicted molar refractivity (Wildman–Crippen MR) is 139 cm³/mol. The van der Waals surface area contributed by atoms with Gasteiger partial charge in [-0.2, -0.15) is 0 Å². The summed E-state index contributed by atoms with van der Waals surface area (Å²) in [5.74, 6) is -0.947. The van der Waals surface area contributed by atoms with E-state index >= 15 is 0 Å². The summed E-state index contributed by atoms with van der Waals surface area (Å²) in [5, 5.41) is 11.6. The molecule has 0 aromatic heterocycles. The molecule has 0 aliphatic carbocycles. The largest absolute Gasteiger partial charge is 0.507 e. The molecule has 0 radical (unpaired) electrons. The maximum absolute atomic E-state index is 13.5. The van der Waals surface area contributed by atoms with Gasteiger partial charge in [0.1, 0.15) is 11.5 Å². The third-order valence-corrected chi connectivity index (χ3v) is 6.59. The molecule has 35 heavy (non-hydrogen) atoms. The van der Waals surface area contributed by atoms with Gasteiger partial charge in [0.2, 0.25) is 0 Å². The lowest BCUT2D eigenvalue weighted by atomic mass is 9.84. The fourth-order valence-electron chi connectivity index (χ4n) is 4.53. The number of para-hydroxylation sites is 1. The van der Waals surface area contributed by atoms with Crippen molar-refractivity contribution in [2.24, 2.45) is 0 Å². The van der Waals surface area contributed by atoms with Crippen molar-refractivity contribution in [1.82, 2.24) is 0 Å². The van der Waals surface area contributed by atoms with Gasteiger partial charge in [0, 0.05) is 11.3 Å². The number of hydrogen-bond acceptors (Lipinski definition) is 4. The summed E-state index contributed by atoms with van der Waals surface area (Å²) < 4.78 is 5.42. The average molecular weight is 470 g/mol. The summed E-state index contributed by atoms with van der Waals surface area (Å²) in [6.45, 7) is 10.1. The average Bonchev–Trinajstić information content (AvgIpc) is 3.09. The molecule has 0 saturated carbocycles. The third kappa shape index (κ3) is 4.34. The molecule has 5 heteroatoms. The number of hydrogen-bond donors (Lipinski definition) is 1. The minimum atomic E-state index is -0.802. The molecule has 1 amide bonds. The van der Waals surface area contributed by atoms with Gasteiger partial charge in [-0.15, -0.1) is 0 Å². The Balaban J connectivity index is 2.01. The van der Waals surface area contributed by atoms with Crippen molar-refractivity contribution < 1.29 is 19.4 Å². The highest BCUT2D eigenvalue weighted by Crippen LogP contribution is 2.44. The van der Waals surface area contributed by atoms with Crippen molar-refractivity contribution in [3.63, 3.8) is 0 Å². The fourth-order valence-corrected chi connectivity index (χ4v) is 4.53. The molecular formula is C30H31NO4. The minimum Gasteiger partial charge on any atom is -0.507 e. The number of aryl methyl sites for hydroxylation is 2. The molecule has 1 aliphatic rings. The van der Waals surface area contributed by atoms with Crippen LogP contribution in [0.3, 0.4) is 0 Å². The number of carbonyl (C=O) groups is 2. The van der Waals surface area contributed by atoms with Crippen LogP contribution in [-0.4, -0.2) is 23.9 Å². The summed E-state index contributed by atoms with van der Waals surface area (Å²) in [6, 6.07) is 19.8. The van der Waals surface area contributed by atoms with Gasteiger partial charge in [-0.25, -0.2) is 0 Å². The van der Waals surface area contributed by atoms with Crippen molar-refractivity contribution in [2.45, 2.75) is 46.1 Å². The standard InChI is InChI=1S/C30H31NO4/c1-18-14-15-21(30(3,4)5)17-23(18)27(32)25-26(20-11-9-12-22(16-20)35-6)31(29(34)28(25)33)24-13-8-7-10-19(24)2/h7-17,26,32H,1-6H3/b27-25+. The van der Waals surface area contributed by atoms with Crippen LogP contribution in [0.25, 0.3) is 5.76 Å². The molecule has 1 N–H and O–H groups in total. The molecule has 1 aliphatic heterocycles.